The monoisotopic (exact) mass is 267 g/mol. The van der Waals surface area contributed by atoms with Crippen molar-refractivity contribution in [3.63, 3.8) is 0 Å². The van der Waals surface area contributed by atoms with E-state index in [1.807, 2.05) is 24.3 Å². The second-order valence-electron chi connectivity index (χ2n) is 2.95. The number of nitrogens with zero attached hydrogens (tertiary/aromatic N) is 2. The molecule has 1 aromatic carbocycles. The molecule has 0 fully saturated rings. The van der Waals surface area contributed by atoms with Crippen molar-refractivity contribution in [2.45, 2.75) is 0 Å². The number of methoxy groups -OCH3 is 1. The van der Waals surface area contributed by atoms with Gasteiger partial charge in [0.25, 0.3) is 0 Å². The van der Waals surface area contributed by atoms with Crippen molar-refractivity contribution >= 4 is 21.9 Å². The molecule has 2 N–H and O–H groups in total. The van der Waals surface area contributed by atoms with Gasteiger partial charge in [0.15, 0.2) is 0 Å². The van der Waals surface area contributed by atoms with Gasteiger partial charge in [-0.25, -0.2) is 4.98 Å². The van der Waals surface area contributed by atoms with Crippen LogP contribution in [0.25, 0.3) is 5.69 Å². The first-order valence-corrected chi connectivity index (χ1v) is 5.15. The molecule has 0 aliphatic carbocycles. The van der Waals surface area contributed by atoms with E-state index in [4.69, 9.17) is 10.5 Å². The van der Waals surface area contributed by atoms with Gasteiger partial charge < -0.3 is 10.5 Å². The van der Waals surface area contributed by atoms with Crippen molar-refractivity contribution in [1.29, 1.82) is 0 Å². The van der Waals surface area contributed by atoms with Gasteiger partial charge in [0.1, 0.15) is 10.4 Å². The summed E-state index contributed by atoms with van der Waals surface area (Å²) in [6.45, 7) is 0. The molecule has 15 heavy (non-hydrogen) atoms. The third-order valence-electron chi connectivity index (χ3n) is 2.07. The molecule has 0 bridgehead atoms. The Balaban J connectivity index is 2.63. The number of hydrogen-bond acceptors (Lipinski definition) is 3. The van der Waals surface area contributed by atoms with Crippen LogP contribution in [0.1, 0.15) is 0 Å². The van der Waals surface area contributed by atoms with Crippen molar-refractivity contribution in [2.75, 3.05) is 12.8 Å². The summed E-state index contributed by atoms with van der Waals surface area (Å²) in [6.07, 6.45) is 1.65. The number of anilines is 1. The SMILES string of the molecule is COc1ccccc1-n1c(Br)cnc1N. The highest BCUT2D eigenvalue weighted by molar-refractivity contribution is 9.10. The van der Waals surface area contributed by atoms with Crippen LogP contribution in [-0.4, -0.2) is 16.7 Å². The number of imidazole rings is 1. The summed E-state index contributed by atoms with van der Waals surface area (Å²) in [5, 5.41) is 0. The molecule has 78 valence electrons. The second kappa shape index (κ2) is 3.94. The number of ether oxygens (including phenoxy) is 1. The van der Waals surface area contributed by atoms with Crippen molar-refractivity contribution in [1.82, 2.24) is 9.55 Å². The van der Waals surface area contributed by atoms with Gasteiger partial charge in [-0.15, -0.1) is 0 Å². The molecule has 0 atom stereocenters. The van der Waals surface area contributed by atoms with Gasteiger partial charge in [0.05, 0.1) is 19.0 Å². The van der Waals surface area contributed by atoms with E-state index in [9.17, 15) is 0 Å². The molecule has 2 rings (SSSR count). The van der Waals surface area contributed by atoms with Crippen LogP contribution < -0.4 is 10.5 Å². The van der Waals surface area contributed by atoms with Crippen LogP contribution in [0, 0.1) is 0 Å². The Morgan fingerprint density at radius 1 is 1.40 bits per heavy atom. The molecule has 5 heteroatoms. The molecule has 0 saturated heterocycles. The molecule has 2 aromatic rings. The quantitative estimate of drug-likeness (QED) is 0.908. The number of benzene rings is 1. The van der Waals surface area contributed by atoms with Gasteiger partial charge in [-0.2, -0.15) is 0 Å². The third kappa shape index (κ3) is 1.70. The maximum atomic E-state index is 5.76. The van der Waals surface area contributed by atoms with Crippen molar-refractivity contribution in [2.24, 2.45) is 0 Å². The Morgan fingerprint density at radius 3 is 2.73 bits per heavy atom. The predicted molar refractivity (Wildman–Crippen MR) is 62.2 cm³/mol. The van der Waals surface area contributed by atoms with Crippen LogP contribution in [0.2, 0.25) is 0 Å². The van der Waals surface area contributed by atoms with E-state index in [1.54, 1.807) is 17.9 Å². The standard InChI is InChI=1S/C10H10BrN3O/c1-15-8-5-3-2-4-7(8)14-9(11)6-13-10(14)12/h2-6H,1H3,(H2,12,13). The Labute approximate surface area is 95.8 Å². The molecule has 0 aliphatic rings. The molecule has 0 spiro atoms. The summed E-state index contributed by atoms with van der Waals surface area (Å²) < 4.78 is 7.83. The Morgan fingerprint density at radius 2 is 2.13 bits per heavy atom. The Kier molecular flexibility index (Phi) is 2.64. The first-order chi connectivity index (χ1) is 7.24. The first kappa shape index (κ1) is 10.0. The fourth-order valence-electron chi connectivity index (χ4n) is 1.40. The van der Waals surface area contributed by atoms with E-state index in [0.717, 1.165) is 16.0 Å². The molecule has 1 heterocycles. The lowest BCUT2D eigenvalue weighted by molar-refractivity contribution is 0.413. The highest BCUT2D eigenvalue weighted by Crippen LogP contribution is 2.28. The molecule has 1 aromatic heterocycles. The normalized spacial score (nSPS) is 10.3. The average Bonchev–Trinajstić information content (AvgIpc) is 2.59. The lowest BCUT2D eigenvalue weighted by atomic mass is 10.3. The number of rotatable bonds is 2. The lowest BCUT2D eigenvalue weighted by Crippen LogP contribution is -2.02. The number of hydrogen-bond donors (Lipinski definition) is 1. The molecule has 0 unspecified atom stereocenters. The van der Waals surface area contributed by atoms with E-state index in [1.165, 1.54) is 0 Å². The molecule has 0 saturated carbocycles. The summed E-state index contributed by atoms with van der Waals surface area (Å²) in [7, 11) is 1.62. The van der Waals surface area contributed by atoms with Crippen LogP contribution in [0.3, 0.4) is 0 Å². The highest BCUT2D eigenvalue weighted by atomic mass is 79.9. The summed E-state index contributed by atoms with van der Waals surface area (Å²) in [6, 6.07) is 7.62. The summed E-state index contributed by atoms with van der Waals surface area (Å²) in [5.74, 6) is 1.18. The molecule has 0 aliphatic heterocycles. The fraction of sp³-hybridized carbons (Fsp3) is 0.100. The average molecular weight is 268 g/mol. The third-order valence-corrected chi connectivity index (χ3v) is 2.63. The van der Waals surface area contributed by atoms with Crippen molar-refractivity contribution in [3.8, 4) is 11.4 Å². The Bertz CT molecular complexity index is 462. The topological polar surface area (TPSA) is 53.1 Å². The maximum Gasteiger partial charge on any atom is 0.205 e. The number of halogens is 1. The van der Waals surface area contributed by atoms with Crippen LogP contribution in [0.5, 0.6) is 5.75 Å². The number of para-hydroxylation sites is 2. The highest BCUT2D eigenvalue weighted by Gasteiger charge is 2.10. The van der Waals surface area contributed by atoms with E-state index in [-0.39, 0.29) is 0 Å². The van der Waals surface area contributed by atoms with Gasteiger partial charge in [0.2, 0.25) is 5.95 Å². The zero-order chi connectivity index (χ0) is 10.8. The molecule has 4 nitrogen and oxygen atoms in total. The van der Waals surface area contributed by atoms with Crippen LogP contribution in [0.4, 0.5) is 5.95 Å². The minimum Gasteiger partial charge on any atom is -0.495 e. The minimum atomic E-state index is 0.423. The molecular weight excluding hydrogens is 258 g/mol. The first-order valence-electron chi connectivity index (χ1n) is 4.36. The van der Waals surface area contributed by atoms with Crippen LogP contribution >= 0.6 is 15.9 Å². The van der Waals surface area contributed by atoms with E-state index < -0.39 is 0 Å². The summed E-state index contributed by atoms with van der Waals surface area (Å²) in [5.41, 5.74) is 6.63. The maximum absolute atomic E-state index is 5.76. The smallest absolute Gasteiger partial charge is 0.205 e. The summed E-state index contributed by atoms with van der Waals surface area (Å²) >= 11 is 3.38. The second-order valence-corrected chi connectivity index (χ2v) is 3.76. The van der Waals surface area contributed by atoms with Gasteiger partial charge in [-0.3, -0.25) is 4.57 Å². The van der Waals surface area contributed by atoms with Gasteiger partial charge in [-0.1, -0.05) is 12.1 Å². The number of nitrogens with two attached hydrogens (primary N) is 1. The van der Waals surface area contributed by atoms with Gasteiger partial charge >= 0.3 is 0 Å². The number of nitrogen functional groups attached to an aromatic ring is 1. The van der Waals surface area contributed by atoms with Crippen molar-refractivity contribution < 1.29 is 4.74 Å². The molecular formula is C10H10BrN3O. The van der Waals surface area contributed by atoms with Gasteiger partial charge in [0, 0.05) is 0 Å². The lowest BCUT2D eigenvalue weighted by Gasteiger charge is -2.10. The molecule has 0 amide bonds. The molecule has 0 radical (unpaired) electrons. The fourth-order valence-corrected chi connectivity index (χ4v) is 1.87. The Hall–Kier alpha value is -1.49. The van der Waals surface area contributed by atoms with E-state index in [0.29, 0.717) is 5.95 Å². The zero-order valence-electron chi connectivity index (χ0n) is 8.14. The predicted octanol–water partition coefficient (Wildman–Crippen LogP) is 2.23. The number of aromatic nitrogens is 2. The van der Waals surface area contributed by atoms with Crippen LogP contribution in [-0.2, 0) is 0 Å². The van der Waals surface area contributed by atoms with Gasteiger partial charge in [-0.05, 0) is 28.1 Å². The van der Waals surface area contributed by atoms with Crippen molar-refractivity contribution in [3.05, 3.63) is 35.1 Å². The minimum absolute atomic E-state index is 0.423. The van der Waals surface area contributed by atoms with Crippen LogP contribution in [0.15, 0.2) is 35.1 Å². The van der Waals surface area contributed by atoms with E-state index >= 15 is 0 Å². The summed E-state index contributed by atoms with van der Waals surface area (Å²) in [4.78, 5) is 4.01. The zero-order valence-corrected chi connectivity index (χ0v) is 9.73. The largest absolute Gasteiger partial charge is 0.495 e. The van der Waals surface area contributed by atoms with E-state index in [2.05, 4.69) is 20.9 Å².